The maximum atomic E-state index is 11.2. The van der Waals surface area contributed by atoms with Crippen LogP contribution in [0.3, 0.4) is 0 Å². The number of rotatable bonds is 4. The van der Waals surface area contributed by atoms with Gasteiger partial charge in [0.2, 0.25) is 0 Å². The van der Waals surface area contributed by atoms with Crippen molar-refractivity contribution in [2.45, 2.75) is 0 Å². The fourth-order valence-electron chi connectivity index (χ4n) is 1.01. The molecule has 0 aliphatic rings. The molecule has 0 unspecified atom stereocenters. The van der Waals surface area contributed by atoms with E-state index in [2.05, 4.69) is 9.89 Å². The van der Waals surface area contributed by atoms with E-state index in [-0.39, 0.29) is 35.3 Å². The second-order valence-electron chi connectivity index (χ2n) is 3.38. The third-order valence-electron chi connectivity index (χ3n) is 1.83. The number of nitrogens with zero attached hydrogens (tertiary/aromatic N) is 2. The van der Waals surface area contributed by atoms with Crippen molar-refractivity contribution in [3.8, 4) is 5.75 Å². The van der Waals surface area contributed by atoms with Crippen molar-refractivity contribution in [2.75, 3.05) is 27.2 Å². The third kappa shape index (κ3) is 5.95. The second-order valence-corrected chi connectivity index (χ2v) is 3.38. The van der Waals surface area contributed by atoms with Crippen LogP contribution in [0.2, 0.25) is 0 Å². The monoisotopic (exact) mass is 214 g/mol. The predicted octanol–water partition coefficient (Wildman–Crippen LogP) is -2.26. The molecule has 1 aromatic rings. The summed E-state index contributed by atoms with van der Waals surface area (Å²) >= 11 is 0. The van der Waals surface area contributed by atoms with Crippen LogP contribution in [0.15, 0.2) is 29.3 Å². The van der Waals surface area contributed by atoms with Crippen LogP contribution in [0, 0.1) is 0 Å². The first-order valence-electron chi connectivity index (χ1n) is 4.61. The topological polar surface area (TPSA) is 38.7 Å². The van der Waals surface area contributed by atoms with E-state index in [1.807, 2.05) is 20.2 Å². The van der Waals surface area contributed by atoms with Gasteiger partial charge in [-0.1, -0.05) is 24.3 Å². The van der Waals surface area contributed by atoms with Crippen molar-refractivity contribution in [3.05, 3.63) is 29.8 Å². The van der Waals surface area contributed by atoms with Gasteiger partial charge in [0, 0.05) is 12.8 Å². The average molecular weight is 214 g/mol. The fourth-order valence-corrected chi connectivity index (χ4v) is 1.01. The van der Waals surface area contributed by atoms with Gasteiger partial charge in [-0.2, -0.15) is 0 Å². The van der Waals surface area contributed by atoms with Crippen molar-refractivity contribution in [1.82, 2.24) is 4.90 Å². The van der Waals surface area contributed by atoms with Gasteiger partial charge in [-0.05, 0) is 19.7 Å². The van der Waals surface area contributed by atoms with E-state index in [1.54, 1.807) is 24.4 Å². The third-order valence-corrected chi connectivity index (χ3v) is 1.83. The summed E-state index contributed by atoms with van der Waals surface area (Å²) in [5.74, 6) is 0.0288. The molecular weight excluding hydrogens is 199 g/mol. The molecule has 0 saturated heterocycles. The molecule has 0 spiro atoms. The van der Waals surface area contributed by atoms with E-state index in [1.165, 1.54) is 0 Å². The summed E-state index contributed by atoms with van der Waals surface area (Å²) in [6.45, 7) is 1.62. The second kappa shape index (κ2) is 7.88. The number of benzene rings is 1. The molecule has 3 nitrogen and oxygen atoms in total. The minimum absolute atomic E-state index is 0. The molecule has 0 amide bonds. The largest absolute Gasteiger partial charge is 1.00 e. The van der Waals surface area contributed by atoms with E-state index >= 15 is 0 Å². The van der Waals surface area contributed by atoms with E-state index in [4.69, 9.17) is 0 Å². The smallest absolute Gasteiger partial charge is 0.872 e. The quantitative estimate of drug-likeness (QED) is 0.419. The summed E-state index contributed by atoms with van der Waals surface area (Å²) in [4.78, 5) is 6.23. The van der Waals surface area contributed by atoms with Crippen LogP contribution in [-0.2, 0) is 0 Å². The molecule has 0 aliphatic heterocycles. The Hall–Kier alpha value is -0.350. The molecule has 0 atom stereocenters. The number of hydrogen-bond donors (Lipinski definition) is 0. The van der Waals surface area contributed by atoms with E-state index in [9.17, 15) is 5.11 Å². The van der Waals surface area contributed by atoms with Crippen LogP contribution in [0.5, 0.6) is 5.75 Å². The van der Waals surface area contributed by atoms with Crippen LogP contribution in [-0.4, -0.2) is 38.3 Å². The normalized spacial score (nSPS) is 10.6. The van der Waals surface area contributed by atoms with Gasteiger partial charge in [0.15, 0.2) is 0 Å². The first kappa shape index (κ1) is 14.6. The van der Waals surface area contributed by atoms with Crippen molar-refractivity contribution < 1.29 is 34.7 Å². The van der Waals surface area contributed by atoms with Crippen molar-refractivity contribution in [3.63, 3.8) is 0 Å². The SMILES string of the molecule is CN(C)CCN=Cc1ccccc1[O-].[Na+]. The summed E-state index contributed by atoms with van der Waals surface area (Å²) in [6, 6.07) is 6.91. The first-order chi connectivity index (χ1) is 6.70. The molecule has 0 N–H and O–H groups in total. The van der Waals surface area contributed by atoms with Gasteiger partial charge in [0.05, 0.1) is 6.54 Å². The summed E-state index contributed by atoms with van der Waals surface area (Å²) in [5, 5.41) is 11.2. The Morgan fingerprint density at radius 3 is 2.60 bits per heavy atom. The van der Waals surface area contributed by atoms with Gasteiger partial charge in [-0.3, -0.25) is 4.99 Å². The molecule has 0 heterocycles. The Labute approximate surface area is 113 Å². The molecule has 4 heteroatoms. The van der Waals surface area contributed by atoms with E-state index < -0.39 is 0 Å². The fraction of sp³-hybridized carbons (Fsp3) is 0.364. The molecule has 0 aliphatic carbocycles. The molecule has 1 aromatic carbocycles. The molecule has 0 radical (unpaired) electrons. The zero-order valence-corrected chi connectivity index (χ0v) is 11.6. The maximum Gasteiger partial charge on any atom is 1.00 e. The molecule has 0 bridgehead atoms. The molecule has 1 rings (SSSR count). The maximum absolute atomic E-state index is 11.2. The van der Waals surface area contributed by atoms with Gasteiger partial charge in [-0.25, -0.2) is 0 Å². The van der Waals surface area contributed by atoms with Crippen LogP contribution in [0.1, 0.15) is 5.56 Å². The van der Waals surface area contributed by atoms with Crippen molar-refractivity contribution in [1.29, 1.82) is 0 Å². The number of likely N-dealkylation sites (N-methyl/N-ethyl adjacent to an activating group) is 1. The molecule has 15 heavy (non-hydrogen) atoms. The van der Waals surface area contributed by atoms with Crippen LogP contribution in [0.4, 0.5) is 0 Å². The Kier molecular flexibility index (Phi) is 7.70. The predicted molar refractivity (Wildman–Crippen MR) is 56.9 cm³/mol. The summed E-state index contributed by atoms with van der Waals surface area (Å²) in [7, 11) is 3.99. The van der Waals surface area contributed by atoms with E-state index in [0.717, 1.165) is 13.1 Å². The Morgan fingerprint density at radius 2 is 2.00 bits per heavy atom. The van der Waals surface area contributed by atoms with Crippen molar-refractivity contribution >= 4 is 6.21 Å². The summed E-state index contributed by atoms with van der Waals surface area (Å²) in [6.07, 6.45) is 1.64. The van der Waals surface area contributed by atoms with Crippen LogP contribution in [0.25, 0.3) is 0 Å². The zero-order valence-electron chi connectivity index (χ0n) is 9.60. The van der Waals surface area contributed by atoms with Gasteiger partial charge >= 0.3 is 29.6 Å². The molecule has 76 valence electrons. The Morgan fingerprint density at radius 1 is 1.33 bits per heavy atom. The Balaban J connectivity index is 0.00000196. The van der Waals surface area contributed by atoms with Crippen LogP contribution < -0.4 is 34.7 Å². The molecular formula is C11H15N2NaO. The number of aliphatic imine (C=N–C) groups is 1. The molecule has 0 saturated carbocycles. The molecule has 0 aromatic heterocycles. The average Bonchev–Trinajstić information content (AvgIpc) is 2.15. The van der Waals surface area contributed by atoms with Gasteiger partial charge in [0.1, 0.15) is 0 Å². The summed E-state index contributed by atoms with van der Waals surface area (Å²) < 4.78 is 0. The zero-order chi connectivity index (χ0) is 10.4. The van der Waals surface area contributed by atoms with E-state index in [0.29, 0.717) is 5.56 Å². The van der Waals surface area contributed by atoms with Gasteiger partial charge < -0.3 is 10.0 Å². The first-order valence-corrected chi connectivity index (χ1v) is 4.61. The standard InChI is InChI=1S/C11H16N2O.Na/c1-13(2)8-7-12-9-10-5-3-4-6-11(10)14;/h3-6,9,14H,7-8H2,1-2H3;/q;+1/p-1. The van der Waals surface area contributed by atoms with Crippen LogP contribution >= 0.6 is 0 Å². The summed E-state index contributed by atoms with van der Waals surface area (Å²) in [5.41, 5.74) is 0.659. The molecule has 0 fully saturated rings. The Bertz CT molecular complexity index is 313. The van der Waals surface area contributed by atoms with Gasteiger partial charge in [0.25, 0.3) is 0 Å². The minimum Gasteiger partial charge on any atom is -0.872 e. The van der Waals surface area contributed by atoms with Gasteiger partial charge in [-0.15, -0.1) is 5.75 Å². The minimum atomic E-state index is 0. The van der Waals surface area contributed by atoms with Crippen molar-refractivity contribution in [2.24, 2.45) is 4.99 Å². The number of para-hydroxylation sites is 1. The number of hydrogen-bond acceptors (Lipinski definition) is 3.